The Balaban J connectivity index is 1.93. The van der Waals surface area contributed by atoms with Crippen LogP contribution < -0.4 is 0 Å². The zero-order valence-electron chi connectivity index (χ0n) is 17.0. The first-order chi connectivity index (χ1) is 12.9. The average molecular weight is 395 g/mol. The van der Waals surface area contributed by atoms with Crippen molar-refractivity contribution in [3.8, 4) is 0 Å². The molecule has 0 radical (unpaired) electrons. The second-order valence-corrected chi connectivity index (χ2v) is 9.32. The van der Waals surface area contributed by atoms with Crippen molar-refractivity contribution in [2.45, 2.75) is 76.2 Å². The summed E-state index contributed by atoms with van der Waals surface area (Å²) in [7, 11) is -1.49. The Labute approximate surface area is 164 Å². The van der Waals surface area contributed by atoms with E-state index in [9.17, 15) is 13.2 Å². The van der Waals surface area contributed by atoms with Gasteiger partial charge in [0.2, 0.25) is 15.9 Å². The SMILES string of the molecule is CCN(CC)S(=O)(=O)c1ccc(CCC(=O)N(C)C2CCCCCC2)cc1. The molecule has 0 aromatic heterocycles. The highest BCUT2D eigenvalue weighted by molar-refractivity contribution is 7.89. The van der Waals surface area contributed by atoms with Crippen molar-refractivity contribution >= 4 is 15.9 Å². The molecule has 1 amide bonds. The van der Waals surface area contributed by atoms with Gasteiger partial charge in [0.25, 0.3) is 0 Å². The third kappa shape index (κ3) is 5.79. The number of carbonyl (C=O) groups excluding carboxylic acids is 1. The minimum Gasteiger partial charge on any atom is -0.343 e. The van der Waals surface area contributed by atoms with Crippen molar-refractivity contribution in [2.75, 3.05) is 20.1 Å². The smallest absolute Gasteiger partial charge is 0.243 e. The molecule has 0 heterocycles. The van der Waals surface area contributed by atoms with Gasteiger partial charge in [0.05, 0.1) is 4.90 Å². The molecular weight excluding hydrogens is 360 g/mol. The van der Waals surface area contributed by atoms with Gasteiger partial charge in [0.15, 0.2) is 0 Å². The van der Waals surface area contributed by atoms with E-state index in [1.165, 1.54) is 30.0 Å². The molecule has 1 aliphatic rings. The van der Waals surface area contributed by atoms with Crippen LogP contribution in [0.2, 0.25) is 0 Å². The van der Waals surface area contributed by atoms with Crippen LogP contribution >= 0.6 is 0 Å². The van der Waals surface area contributed by atoms with Crippen LogP contribution in [-0.4, -0.2) is 49.7 Å². The number of sulfonamides is 1. The Kier molecular flexibility index (Phi) is 8.29. The third-order valence-corrected chi connectivity index (χ3v) is 7.72. The van der Waals surface area contributed by atoms with Crippen molar-refractivity contribution in [2.24, 2.45) is 0 Å². The zero-order chi connectivity index (χ0) is 19.9. The Morgan fingerprint density at radius 2 is 1.56 bits per heavy atom. The molecule has 6 heteroatoms. The van der Waals surface area contributed by atoms with Gasteiger partial charge < -0.3 is 4.90 Å². The molecule has 0 unspecified atom stereocenters. The van der Waals surface area contributed by atoms with Crippen molar-refractivity contribution in [3.63, 3.8) is 0 Å². The van der Waals surface area contributed by atoms with E-state index in [4.69, 9.17) is 0 Å². The van der Waals surface area contributed by atoms with E-state index in [-0.39, 0.29) is 5.91 Å². The Hall–Kier alpha value is -1.40. The lowest BCUT2D eigenvalue weighted by Crippen LogP contribution is -2.36. The predicted molar refractivity (Wildman–Crippen MR) is 109 cm³/mol. The number of hydrogen-bond acceptors (Lipinski definition) is 3. The molecule has 0 aliphatic heterocycles. The van der Waals surface area contributed by atoms with E-state index in [0.717, 1.165) is 18.4 Å². The lowest BCUT2D eigenvalue weighted by atomic mass is 10.1. The van der Waals surface area contributed by atoms with Gasteiger partial charge in [-0.2, -0.15) is 4.31 Å². The van der Waals surface area contributed by atoms with Crippen molar-refractivity contribution in [3.05, 3.63) is 29.8 Å². The minimum absolute atomic E-state index is 0.182. The molecule has 1 aromatic carbocycles. The van der Waals surface area contributed by atoms with Crippen LogP contribution in [-0.2, 0) is 21.2 Å². The number of amides is 1. The fraction of sp³-hybridized carbons (Fsp3) is 0.667. The normalized spacial score (nSPS) is 16.3. The summed E-state index contributed by atoms with van der Waals surface area (Å²) in [6, 6.07) is 7.34. The van der Waals surface area contributed by atoms with Gasteiger partial charge in [-0.05, 0) is 37.0 Å². The van der Waals surface area contributed by atoms with E-state index in [2.05, 4.69) is 0 Å². The second-order valence-electron chi connectivity index (χ2n) is 7.38. The van der Waals surface area contributed by atoms with E-state index < -0.39 is 10.0 Å². The summed E-state index contributed by atoms with van der Waals surface area (Å²) in [4.78, 5) is 14.8. The summed E-state index contributed by atoms with van der Waals surface area (Å²) in [5, 5.41) is 0. The molecule has 5 nitrogen and oxygen atoms in total. The molecular formula is C21H34N2O3S. The standard InChI is InChI=1S/C21H34N2O3S/c1-4-23(5-2)27(25,26)20-15-12-18(13-16-20)14-17-21(24)22(3)19-10-8-6-7-9-11-19/h12-13,15-16,19H,4-11,14,17H2,1-3H3. The summed E-state index contributed by atoms with van der Waals surface area (Å²) in [6.45, 7) is 4.60. The summed E-state index contributed by atoms with van der Waals surface area (Å²) in [5.74, 6) is 0.182. The summed E-state index contributed by atoms with van der Waals surface area (Å²) in [5.41, 5.74) is 0.996. The molecule has 152 valence electrons. The predicted octanol–water partition coefficient (Wildman–Crippen LogP) is 3.83. The fourth-order valence-corrected chi connectivity index (χ4v) is 5.28. The van der Waals surface area contributed by atoms with Crippen LogP contribution in [0.25, 0.3) is 0 Å². The quantitative estimate of drug-likeness (QED) is 0.630. The van der Waals surface area contributed by atoms with E-state index in [1.54, 1.807) is 12.1 Å². The summed E-state index contributed by atoms with van der Waals surface area (Å²) in [6.07, 6.45) is 8.31. The first-order valence-electron chi connectivity index (χ1n) is 10.2. The number of hydrogen-bond donors (Lipinski definition) is 0. The molecule has 1 aromatic rings. The van der Waals surface area contributed by atoms with E-state index >= 15 is 0 Å². The zero-order valence-corrected chi connectivity index (χ0v) is 17.8. The van der Waals surface area contributed by atoms with Crippen LogP contribution in [0.4, 0.5) is 0 Å². The Morgan fingerprint density at radius 1 is 1.00 bits per heavy atom. The van der Waals surface area contributed by atoms with Gasteiger partial charge in [-0.25, -0.2) is 8.42 Å². The lowest BCUT2D eigenvalue weighted by molar-refractivity contribution is -0.132. The van der Waals surface area contributed by atoms with Gasteiger partial charge in [-0.1, -0.05) is 51.7 Å². The topological polar surface area (TPSA) is 57.7 Å². The highest BCUT2D eigenvalue weighted by Crippen LogP contribution is 2.22. The maximum absolute atomic E-state index is 12.5. The van der Waals surface area contributed by atoms with Crippen LogP contribution in [0.15, 0.2) is 29.2 Å². The molecule has 1 aliphatic carbocycles. The molecule has 1 saturated carbocycles. The summed E-state index contributed by atoms with van der Waals surface area (Å²) < 4.78 is 26.5. The Bertz CT molecular complexity index is 689. The van der Waals surface area contributed by atoms with Gasteiger partial charge in [-0.3, -0.25) is 4.79 Å². The molecule has 0 saturated heterocycles. The van der Waals surface area contributed by atoms with Gasteiger partial charge in [0, 0.05) is 32.6 Å². The van der Waals surface area contributed by atoms with Crippen molar-refractivity contribution in [1.29, 1.82) is 0 Å². The second kappa shape index (κ2) is 10.2. The third-order valence-electron chi connectivity index (χ3n) is 5.66. The Morgan fingerprint density at radius 3 is 2.07 bits per heavy atom. The first-order valence-corrected chi connectivity index (χ1v) is 11.7. The molecule has 1 fully saturated rings. The molecule has 0 spiro atoms. The first kappa shape index (κ1) is 21.9. The highest BCUT2D eigenvalue weighted by atomic mass is 32.2. The van der Waals surface area contributed by atoms with Crippen LogP contribution in [0, 0.1) is 0 Å². The maximum atomic E-state index is 12.5. The maximum Gasteiger partial charge on any atom is 0.243 e. The van der Waals surface area contributed by atoms with Crippen LogP contribution in [0.5, 0.6) is 0 Å². The van der Waals surface area contributed by atoms with Gasteiger partial charge in [-0.15, -0.1) is 0 Å². The molecule has 0 atom stereocenters. The number of benzene rings is 1. The number of carbonyl (C=O) groups is 1. The monoisotopic (exact) mass is 394 g/mol. The van der Waals surface area contributed by atoms with E-state index in [0.29, 0.717) is 36.9 Å². The van der Waals surface area contributed by atoms with Crippen LogP contribution in [0.3, 0.4) is 0 Å². The lowest BCUT2D eigenvalue weighted by Gasteiger charge is -2.27. The van der Waals surface area contributed by atoms with Crippen molar-refractivity contribution < 1.29 is 13.2 Å². The number of nitrogens with zero attached hydrogens (tertiary/aromatic N) is 2. The van der Waals surface area contributed by atoms with Crippen molar-refractivity contribution in [1.82, 2.24) is 9.21 Å². The summed E-state index contributed by atoms with van der Waals surface area (Å²) >= 11 is 0. The molecule has 0 bridgehead atoms. The van der Waals surface area contributed by atoms with Gasteiger partial charge >= 0.3 is 0 Å². The number of rotatable bonds is 8. The number of aryl methyl sites for hydroxylation is 1. The largest absolute Gasteiger partial charge is 0.343 e. The van der Waals surface area contributed by atoms with Gasteiger partial charge in [0.1, 0.15) is 0 Å². The van der Waals surface area contributed by atoms with Crippen LogP contribution in [0.1, 0.15) is 64.4 Å². The molecule has 2 rings (SSSR count). The highest BCUT2D eigenvalue weighted by Gasteiger charge is 2.22. The fourth-order valence-electron chi connectivity index (χ4n) is 3.82. The minimum atomic E-state index is -3.42. The molecule has 0 N–H and O–H groups in total. The van der Waals surface area contributed by atoms with E-state index in [1.807, 2.05) is 37.9 Å². The average Bonchev–Trinajstić information content (AvgIpc) is 2.96. The molecule has 27 heavy (non-hydrogen) atoms.